The monoisotopic (exact) mass is 411 g/mol. The molecule has 0 amide bonds. The maximum atomic E-state index is 12.4. The summed E-state index contributed by atoms with van der Waals surface area (Å²) in [4.78, 5) is 4.47. The number of para-hydroxylation sites is 1. The van der Waals surface area contributed by atoms with Crippen molar-refractivity contribution in [1.82, 2.24) is 14.8 Å². The van der Waals surface area contributed by atoms with Gasteiger partial charge in [0, 0.05) is 36.0 Å². The zero-order valence-corrected chi connectivity index (χ0v) is 17.0. The summed E-state index contributed by atoms with van der Waals surface area (Å²) in [6.45, 7) is 1.89. The molecule has 2 aromatic carbocycles. The largest absolute Gasteiger partial charge is 0.241 e. The lowest BCUT2D eigenvalue weighted by molar-refractivity contribution is 0.597. The van der Waals surface area contributed by atoms with Crippen molar-refractivity contribution in [2.75, 3.05) is 6.26 Å². The Kier molecular flexibility index (Phi) is 4.69. The van der Waals surface area contributed by atoms with Gasteiger partial charge < -0.3 is 0 Å². The van der Waals surface area contributed by atoms with Crippen LogP contribution in [0.5, 0.6) is 0 Å². The molecule has 4 rings (SSSR count). The smallest absolute Gasteiger partial charge is 0.193 e. The van der Waals surface area contributed by atoms with E-state index in [0.717, 1.165) is 22.2 Å². The van der Waals surface area contributed by atoms with Gasteiger partial charge in [0.05, 0.1) is 16.2 Å². The molecule has 0 aliphatic heterocycles. The van der Waals surface area contributed by atoms with E-state index >= 15 is 0 Å². The molecule has 2 aromatic heterocycles. The van der Waals surface area contributed by atoms with Crippen molar-refractivity contribution < 1.29 is 8.42 Å². The Bertz CT molecular complexity index is 1270. The Morgan fingerprint density at radius 3 is 2.46 bits per heavy atom. The lowest BCUT2D eigenvalue weighted by Crippen LogP contribution is -2.08. The predicted molar refractivity (Wildman–Crippen MR) is 111 cm³/mol. The average Bonchev–Trinajstić information content (AvgIpc) is 3.19. The second-order valence-electron chi connectivity index (χ2n) is 6.75. The van der Waals surface area contributed by atoms with E-state index < -0.39 is 9.84 Å². The van der Waals surface area contributed by atoms with Crippen molar-refractivity contribution in [1.29, 1.82) is 0 Å². The number of fused-ring (bicyclic) bond motifs is 1. The molecular formula is C21H18ClN3O2S. The maximum absolute atomic E-state index is 12.4. The summed E-state index contributed by atoms with van der Waals surface area (Å²) < 4.78 is 26.6. The molecule has 142 valence electrons. The number of aromatic nitrogens is 3. The third-order valence-corrected chi connectivity index (χ3v) is 6.12. The predicted octanol–water partition coefficient (Wildman–Crippen LogP) is 4.38. The third-order valence-electron chi connectivity index (χ3n) is 4.65. The molecule has 0 radical (unpaired) electrons. The normalized spacial score (nSPS) is 11.8. The molecule has 0 N–H and O–H groups in total. The minimum atomic E-state index is -3.54. The van der Waals surface area contributed by atoms with E-state index in [1.807, 2.05) is 61.7 Å². The highest BCUT2D eigenvalue weighted by Crippen LogP contribution is 2.33. The number of benzene rings is 2. The first-order valence-electron chi connectivity index (χ1n) is 8.71. The van der Waals surface area contributed by atoms with Crippen molar-refractivity contribution >= 4 is 32.3 Å². The molecule has 0 fully saturated rings. The number of aryl methyl sites for hydroxylation is 1. The number of hydrogen-bond acceptors (Lipinski definition) is 4. The molecule has 5 nitrogen and oxygen atoms in total. The maximum Gasteiger partial charge on any atom is 0.193 e. The Balaban J connectivity index is 1.82. The van der Waals surface area contributed by atoms with Crippen molar-refractivity contribution in [3.63, 3.8) is 0 Å². The average molecular weight is 412 g/mol. The quantitative estimate of drug-likeness (QED) is 0.500. The molecule has 0 aliphatic carbocycles. The Hall–Kier alpha value is -2.70. The number of sulfone groups is 1. The van der Waals surface area contributed by atoms with Crippen LogP contribution >= 0.6 is 11.6 Å². The van der Waals surface area contributed by atoms with Crippen LogP contribution in [0.15, 0.2) is 66.0 Å². The van der Waals surface area contributed by atoms with E-state index in [1.165, 1.54) is 6.26 Å². The zero-order valence-electron chi connectivity index (χ0n) is 15.4. The summed E-state index contributed by atoms with van der Waals surface area (Å²) in [7, 11) is -3.54. The highest BCUT2D eigenvalue weighted by molar-refractivity contribution is 7.90. The fourth-order valence-electron chi connectivity index (χ4n) is 3.26. The first-order chi connectivity index (χ1) is 13.3. The molecule has 0 aliphatic rings. The van der Waals surface area contributed by atoms with Gasteiger partial charge in [0.1, 0.15) is 0 Å². The topological polar surface area (TPSA) is 64.8 Å². The number of pyridine rings is 1. The van der Waals surface area contributed by atoms with Crippen molar-refractivity contribution in [3.8, 4) is 5.69 Å². The number of nitrogens with zero attached hydrogens (tertiary/aromatic N) is 3. The molecular weight excluding hydrogens is 394 g/mol. The Labute approximate surface area is 168 Å². The van der Waals surface area contributed by atoms with Crippen molar-refractivity contribution in [2.45, 2.75) is 18.4 Å². The highest BCUT2D eigenvalue weighted by Gasteiger charge is 2.22. The van der Waals surface area contributed by atoms with Crippen molar-refractivity contribution in [2.24, 2.45) is 0 Å². The van der Waals surface area contributed by atoms with Gasteiger partial charge in [-0.05, 0) is 36.2 Å². The summed E-state index contributed by atoms with van der Waals surface area (Å²) in [5.74, 6) is 0. The van der Waals surface area contributed by atoms with Gasteiger partial charge in [-0.15, -0.1) is 0 Å². The van der Waals surface area contributed by atoms with E-state index in [2.05, 4.69) is 10.1 Å². The minimum absolute atomic E-state index is 0.0375. The van der Waals surface area contributed by atoms with Gasteiger partial charge in [-0.25, -0.2) is 18.1 Å². The number of halogens is 1. The first-order valence-corrected chi connectivity index (χ1v) is 11.0. The van der Waals surface area contributed by atoms with Crippen LogP contribution in [-0.2, 0) is 16.3 Å². The summed E-state index contributed by atoms with van der Waals surface area (Å²) in [6.07, 6.45) is 5.12. The summed E-state index contributed by atoms with van der Waals surface area (Å²) in [6, 6.07) is 15.3. The molecule has 0 unspecified atom stereocenters. The van der Waals surface area contributed by atoms with Gasteiger partial charge in [-0.1, -0.05) is 41.9 Å². The molecule has 0 bridgehead atoms. The third kappa shape index (κ3) is 3.41. The lowest BCUT2D eigenvalue weighted by atomic mass is 10.0. The van der Waals surface area contributed by atoms with Gasteiger partial charge in [0.15, 0.2) is 14.9 Å². The van der Waals surface area contributed by atoms with Crippen LogP contribution in [0.25, 0.3) is 16.6 Å². The van der Waals surface area contributed by atoms with E-state index in [1.54, 1.807) is 10.9 Å². The van der Waals surface area contributed by atoms with E-state index in [-0.39, 0.29) is 5.03 Å². The number of hydrogen-bond donors (Lipinski definition) is 0. The van der Waals surface area contributed by atoms with Crippen LogP contribution in [-0.4, -0.2) is 29.4 Å². The molecule has 2 heterocycles. The van der Waals surface area contributed by atoms with E-state index in [9.17, 15) is 8.42 Å². The Morgan fingerprint density at radius 2 is 1.82 bits per heavy atom. The van der Waals surface area contributed by atoms with E-state index in [0.29, 0.717) is 22.5 Å². The molecule has 28 heavy (non-hydrogen) atoms. The summed E-state index contributed by atoms with van der Waals surface area (Å²) in [5, 5.41) is 5.44. The molecule has 0 saturated heterocycles. The van der Waals surface area contributed by atoms with Crippen LogP contribution in [0.1, 0.15) is 16.7 Å². The molecule has 4 aromatic rings. The SMILES string of the molecule is Cc1cccc2c(Cl)c(Cc3ccc(-n4cccn4)cc3)c(S(C)(=O)=O)nc12. The van der Waals surface area contributed by atoms with Crippen molar-refractivity contribution in [3.05, 3.63) is 82.6 Å². The lowest BCUT2D eigenvalue weighted by Gasteiger charge is -2.14. The van der Waals surface area contributed by atoms with Gasteiger partial charge in [0.2, 0.25) is 0 Å². The van der Waals surface area contributed by atoms with Gasteiger partial charge in [-0.3, -0.25) is 0 Å². The summed E-state index contributed by atoms with van der Waals surface area (Å²) >= 11 is 6.67. The van der Waals surface area contributed by atoms with Crippen LogP contribution in [0.4, 0.5) is 0 Å². The van der Waals surface area contributed by atoms with Crippen LogP contribution in [0, 0.1) is 6.92 Å². The van der Waals surface area contributed by atoms with Crippen LogP contribution in [0.3, 0.4) is 0 Å². The number of rotatable bonds is 4. The standard InChI is InChI=1S/C21H18ClN3O2S/c1-14-5-3-6-17-19(22)18(21(24-20(14)17)28(2,26)27)13-15-7-9-16(10-8-15)25-12-4-11-23-25/h3-12H,13H2,1-2H3. The second-order valence-corrected chi connectivity index (χ2v) is 9.06. The van der Waals surface area contributed by atoms with Gasteiger partial charge in [0.25, 0.3) is 0 Å². The van der Waals surface area contributed by atoms with Gasteiger partial charge in [-0.2, -0.15) is 5.10 Å². The van der Waals surface area contributed by atoms with E-state index in [4.69, 9.17) is 11.6 Å². The summed E-state index contributed by atoms with van der Waals surface area (Å²) in [5.41, 5.74) is 3.89. The minimum Gasteiger partial charge on any atom is -0.241 e. The fraction of sp³-hybridized carbons (Fsp3) is 0.143. The first kappa shape index (κ1) is 18.7. The van der Waals surface area contributed by atoms with Crippen LogP contribution in [0.2, 0.25) is 5.02 Å². The van der Waals surface area contributed by atoms with Gasteiger partial charge >= 0.3 is 0 Å². The Morgan fingerprint density at radius 1 is 1.07 bits per heavy atom. The fourth-order valence-corrected chi connectivity index (χ4v) is 4.51. The molecule has 0 spiro atoms. The molecule has 0 saturated carbocycles. The molecule has 7 heteroatoms. The second kappa shape index (κ2) is 7.04. The zero-order chi connectivity index (χ0) is 19.9. The molecule has 0 atom stereocenters. The van der Waals surface area contributed by atoms with Crippen LogP contribution < -0.4 is 0 Å². The highest BCUT2D eigenvalue weighted by atomic mass is 35.5.